The van der Waals surface area contributed by atoms with Crippen molar-refractivity contribution in [3.63, 3.8) is 0 Å². The van der Waals surface area contributed by atoms with E-state index in [0.29, 0.717) is 42.2 Å². The van der Waals surface area contributed by atoms with Crippen LogP contribution in [0, 0.1) is 6.92 Å². The fourth-order valence-electron chi connectivity index (χ4n) is 3.84. The third-order valence-corrected chi connectivity index (χ3v) is 5.98. The van der Waals surface area contributed by atoms with Gasteiger partial charge in [0, 0.05) is 37.7 Å². The van der Waals surface area contributed by atoms with E-state index in [1.807, 2.05) is 31.2 Å². The molecule has 3 aromatic carbocycles. The predicted molar refractivity (Wildman–Crippen MR) is 138 cm³/mol. The van der Waals surface area contributed by atoms with Gasteiger partial charge in [-0.25, -0.2) is 0 Å². The SMILES string of the molecule is COc1cc(OCCCC(=O)NCc2ccc(C)cc2)ccc1CNCc1cc(C(F)(F)F)cc(C(F)(F)F)c1. The molecule has 5 nitrogen and oxygen atoms in total. The number of benzene rings is 3. The van der Waals surface area contributed by atoms with E-state index in [9.17, 15) is 31.1 Å². The number of ether oxygens (including phenoxy) is 2. The molecular formula is C29H30F6N2O3. The van der Waals surface area contributed by atoms with Gasteiger partial charge in [-0.15, -0.1) is 0 Å². The lowest BCUT2D eigenvalue weighted by Crippen LogP contribution is -2.22. The highest BCUT2D eigenvalue weighted by atomic mass is 19.4. The van der Waals surface area contributed by atoms with E-state index in [4.69, 9.17) is 9.47 Å². The average molecular weight is 569 g/mol. The molecule has 40 heavy (non-hydrogen) atoms. The van der Waals surface area contributed by atoms with Crippen LogP contribution in [0.15, 0.2) is 60.7 Å². The van der Waals surface area contributed by atoms with E-state index in [2.05, 4.69) is 10.6 Å². The maximum absolute atomic E-state index is 13.1. The summed E-state index contributed by atoms with van der Waals surface area (Å²) in [5.74, 6) is 0.834. The minimum atomic E-state index is -4.90. The van der Waals surface area contributed by atoms with Crippen LogP contribution in [0.5, 0.6) is 11.5 Å². The lowest BCUT2D eigenvalue weighted by Gasteiger charge is -2.15. The molecular weight excluding hydrogens is 538 g/mol. The molecule has 0 heterocycles. The molecule has 2 N–H and O–H groups in total. The molecule has 11 heteroatoms. The van der Waals surface area contributed by atoms with Crippen molar-refractivity contribution in [2.24, 2.45) is 0 Å². The van der Waals surface area contributed by atoms with E-state index in [0.717, 1.165) is 11.1 Å². The molecule has 0 aliphatic carbocycles. The smallest absolute Gasteiger partial charge is 0.416 e. The molecule has 1 amide bonds. The van der Waals surface area contributed by atoms with Crippen LogP contribution in [0.2, 0.25) is 0 Å². The average Bonchev–Trinajstić information content (AvgIpc) is 2.90. The van der Waals surface area contributed by atoms with Gasteiger partial charge in [-0.3, -0.25) is 4.79 Å². The summed E-state index contributed by atoms with van der Waals surface area (Å²) in [5.41, 5.74) is -0.0785. The first-order valence-electron chi connectivity index (χ1n) is 12.5. The predicted octanol–water partition coefficient (Wildman–Crippen LogP) is 6.81. The van der Waals surface area contributed by atoms with Gasteiger partial charge in [-0.05, 0) is 48.7 Å². The van der Waals surface area contributed by atoms with Gasteiger partial charge in [-0.1, -0.05) is 35.9 Å². The topological polar surface area (TPSA) is 59.6 Å². The Labute approximate surface area is 228 Å². The number of halogens is 6. The number of carbonyl (C=O) groups is 1. The van der Waals surface area contributed by atoms with Gasteiger partial charge in [0.25, 0.3) is 0 Å². The summed E-state index contributed by atoms with van der Waals surface area (Å²) >= 11 is 0. The van der Waals surface area contributed by atoms with Crippen LogP contribution in [0.25, 0.3) is 0 Å². The number of aryl methyl sites for hydroxylation is 1. The highest BCUT2D eigenvalue weighted by Gasteiger charge is 2.36. The van der Waals surface area contributed by atoms with Crippen molar-refractivity contribution in [3.05, 3.63) is 94.0 Å². The van der Waals surface area contributed by atoms with Crippen LogP contribution >= 0.6 is 0 Å². The molecule has 0 atom stereocenters. The van der Waals surface area contributed by atoms with Gasteiger partial charge in [-0.2, -0.15) is 26.3 Å². The quantitative estimate of drug-likeness (QED) is 0.186. The number of hydrogen-bond donors (Lipinski definition) is 2. The summed E-state index contributed by atoms with van der Waals surface area (Å²) in [5, 5.41) is 5.72. The number of carbonyl (C=O) groups excluding carboxylic acids is 1. The first kappa shape index (κ1) is 30.8. The van der Waals surface area contributed by atoms with Gasteiger partial charge in [0.15, 0.2) is 0 Å². The van der Waals surface area contributed by atoms with E-state index in [1.165, 1.54) is 7.11 Å². The van der Waals surface area contributed by atoms with E-state index in [1.54, 1.807) is 18.2 Å². The Kier molecular flexibility index (Phi) is 10.4. The molecule has 3 aromatic rings. The Balaban J connectivity index is 1.48. The highest BCUT2D eigenvalue weighted by Crippen LogP contribution is 2.36. The standard InChI is InChI=1S/C29H30F6N2O3/c1-19-5-7-20(8-6-19)17-37-27(38)4-3-11-40-25-10-9-22(26(15-25)39-2)18-36-16-21-12-23(28(30,31)32)14-24(13-21)29(33,34)35/h5-10,12-15,36H,3-4,11,16-18H2,1-2H3,(H,37,38). The number of hydrogen-bond acceptors (Lipinski definition) is 4. The van der Waals surface area contributed by atoms with Gasteiger partial charge in [0.1, 0.15) is 11.5 Å². The zero-order valence-corrected chi connectivity index (χ0v) is 22.0. The largest absolute Gasteiger partial charge is 0.496 e. The molecule has 0 unspecified atom stereocenters. The Morgan fingerprint density at radius 2 is 1.45 bits per heavy atom. The van der Waals surface area contributed by atoms with Crippen molar-refractivity contribution in [2.75, 3.05) is 13.7 Å². The van der Waals surface area contributed by atoms with E-state index in [-0.39, 0.29) is 43.7 Å². The summed E-state index contributed by atoms with van der Waals surface area (Å²) in [6.07, 6.45) is -9.03. The monoisotopic (exact) mass is 568 g/mol. The van der Waals surface area contributed by atoms with Crippen molar-refractivity contribution in [1.82, 2.24) is 10.6 Å². The molecule has 0 aliphatic heterocycles. The molecule has 0 aromatic heterocycles. The molecule has 0 radical (unpaired) electrons. The van der Waals surface area contributed by atoms with Crippen LogP contribution in [-0.4, -0.2) is 19.6 Å². The van der Waals surface area contributed by atoms with Gasteiger partial charge in [0.05, 0.1) is 24.8 Å². The number of methoxy groups -OCH3 is 1. The summed E-state index contributed by atoms with van der Waals surface area (Å²) in [6.45, 7) is 2.63. The Morgan fingerprint density at radius 1 is 0.800 bits per heavy atom. The minimum absolute atomic E-state index is 0.0914. The molecule has 0 saturated carbocycles. The molecule has 0 bridgehead atoms. The van der Waals surface area contributed by atoms with Crippen molar-refractivity contribution >= 4 is 5.91 Å². The summed E-state index contributed by atoms with van der Waals surface area (Å²) < 4.78 is 89.6. The molecule has 3 rings (SSSR count). The van der Waals surface area contributed by atoms with Crippen molar-refractivity contribution in [2.45, 2.75) is 51.8 Å². The fraction of sp³-hybridized carbons (Fsp3) is 0.345. The lowest BCUT2D eigenvalue weighted by molar-refractivity contribution is -0.143. The minimum Gasteiger partial charge on any atom is -0.496 e. The molecule has 0 spiro atoms. The summed E-state index contributed by atoms with van der Waals surface area (Å²) in [6, 6.07) is 14.3. The highest BCUT2D eigenvalue weighted by molar-refractivity contribution is 5.75. The molecule has 0 fully saturated rings. The van der Waals surface area contributed by atoms with Crippen molar-refractivity contribution in [3.8, 4) is 11.5 Å². The van der Waals surface area contributed by atoms with Crippen molar-refractivity contribution in [1.29, 1.82) is 0 Å². The Bertz CT molecular complexity index is 1240. The summed E-state index contributed by atoms with van der Waals surface area (Å²) in [7, 11) is 1.43. The molecule has 0 aliphatic rings. The van der Waals surface area contributed by atoms with Crippen LogP contribution in [0.4, 0.5) is 26.3 Å². The number of nitrogens with one attached hydrogen (secondary N) is 2. The Hall–Kier alpha value is -3.73. The third kappa shape index (κ3) is 9.48. The number of alkyl halides is 6. The Morgan fingerprint density at radius 3 is 2.05 bits per heavy atom. The normalized spacial score (nSPS) is 11.8. The second-order valence-electron chi connectivity index (χ2n) is 9.21. The van der Waals surface area contributed by atoms with Crippen molar-refractivity contribution < 1.29 is 40.6 Å². The van der Waals surface area contributed by atoms with E-state index >= 15 is 0 Å². The second kappa shape index (κ2) is 13.6. The van der Waals surface area contributed by atoms with Crippen LogP contribution < -0.4 is 20.1 Å². The van der Waals surface area contributed by atoms with Crippen LogP contribution in [-0.2, 0) is 36.8 Å². The zero-order chi connectivity index (χ0) is 29.3. The van der Waals surface area contributed by atoms with Gasteiger partial charge in [0.2, 0.25) is 5.91 Å². The maximum Gasteiger partial charge on any atom is 0.416 e. The first-order valence-corrected chi connectivity index (χ1v) is 12.5. The third-order valence-electron chi connectivity index (χ3n) is 5.98. The number of amides is 1. The number of rotatable bonds is 12. The second-order valence-corrected chi connectivity index (χ2v) is 9.21. The van der Waals surface area contributed by atoms with Crippen LogP contribution in [0.1, 0.15) is 46.2 Å². The van der Waals surface area contributed by atoms with Gasteiger partial charge >= 0.3 is 12.4 Å². The first-order chi connectivity index (χ1) is 18.8. The maximum atomic E-state index is 13.1. The lowest BCUT2D eigenvalue weighted by atomic mass is 10.0. The molecule has 0 saturated heterocycles. The zero-order valence-electron chi connectivity index (χ0n) is 22.0. The summed E-state index contributed by atoms with van der Waals surface area (Å²) in [4.78, 5) is 12.1. The van der Waals surface area contributed by atoms with Crippen LogP contribution in [0.3, 0.4) is 0 Å². The fourth-order valence-corrected chi connectivity index (χ4v) is 3.84. The van der Waals surface area contributed by atoms with Gasteiger partial charge < -0.3 is 20.1 Å². The van der Waals surface area contributed by atoms with E-state index < -0.39 is 23.5 Å². The molecule has 216 valence electrons.